The highest BCUT2D eigenvalue weighted by Gasteiger charge is 2.13. The molecule has 108 valence electrons. The lowest BCUT2D eigenvalue weighted by atomic mass is 10.00. The Balaban J connectivity index is 1.96. The second-order valence-electron chi connectivity index (χ2n) is 5.26. The fourth-order valence-corrected chi connectivity index (χ4v) is 2.51. The number of benzene rings is 1. The summed E-state index contributed by atoms with van der Waals surface area (Å²) in [4.78, 5) is 0. The Hall–Kier alpha value is -1.68. The topological polar surface area (TPSA) is 38.0 Å². The fourth-order valence-electron chi connectivity index (χ4n) is 2.51. The van der Waals surface area contributed by atoms with Crippen LogP contribution >= 0.6 is 0 Å². The van der Waals surface area contributed by atoms with Crippen molar-refractivity contribution in [2.45, 2.75) is 39.2 Å². The first kappa shape index (κ1) is 14.7. The van der Waals surface area contributed by atoms with Gasteiger partial charge in [-0.1, -0.05) is 18.2 Å². The minimum atomic E-state index is -0.536. The molecule has 2 aromatic rings. The van der Waals surface area contributed by atoms with Crippen molar-refractivity contribution in [2.24, 2.45) is 7.05 Å². The van der Waals surface area contributed by atoms with Crippen molar-refractivity contribution in [3.63, 3.8) is 0 Å². The average Bonchev–Trinajstić information content (AvgIpc) is 2.64. The van der Waals surface area contributed by atoms with E-state index in [1.54, 1.807) is 18.2 Å². The molecular weight excluding hydrogens is 255 g/mol. The molecule has 3 nitrogen and oxygen atoms in total. The minimum Gasteiger partial charge on any atom is -0.393 e. The number of hydrogen-bond donors (Lipinski definition) is 1. The van der Waals surface area contributed by atoms with Crippen molar-refractivity contribution in [3.05, 3.63) is 52.6 Å². The average molecular weight is 276 g/mol. The second kappa shape index (κ2) is 6.18. The predicted molar refractivity (Wildman–Crippen MR) is 77.1 cm³/mol. The van der Waals surface area contributed by atoms with Crippen LogP contribution in [0.25, 0.3) is 0 Å². The van der Waals surface area contributed by atoms with E-state index in [-0.39, 0.29) is 5.82 Å². The molecule has 1 atom stereocenters. The molecule has 2 rings (SSSR count). The van der Waals surface area contributed by atoms with E-state index in [0.29, 0.717) is 18.4 Å². The summed E-state index contributed by atoms with van der Waals surface area (Å²) in [6, 6.07) is 6.60. The number of aryl methyl sites for hydroxylation is 2. The van der Waals surface area contributed by atoms with Crippen LogP contribution in [0.15, 0.2) is 24.3 Å². The van der Waals surface area contributed by atoms with E-state index < -0.39 is 6.10 Å². The third kappa shape index (κ3) is 3.25. The summed E-state index contributed by atoms with van der Waals surface area (Å²) in [6.45, 7) is 4.00. The summed E-state index contributed by atoms with van der Waals surface area (Å²) in [5.74, 6) is -0.250. The van der Waals surface area contributed by atoms with Crippen LogP contribution in [0.5, 0.6) is 0 Å². The van der Waals surface area contributed by atoms with Gasteiger partial charge in [-0.15, -0.1) is 0 Å². The molecule has 0 spiro atoms. The third-order valence-corrected chi connectivity index (χ3v) is 3.80. The van der Waals surface area contributed by atoms with Crippen molar-refractivity contribution in [1.29, 1.82) is 0 Å². The molecule has 0 aliphatic heterocycles. The molecule has 0 fully saturated rings. The Kier molecular flexibility index (Phi) is 4.55. The fraction of sp³-hybridized carbons (Fsp3) is 0.438. The van der Waals surface area contributed by atoms with Gasteiger partial charge in [0.2, 0.25) is 0 Å². The second-order valence-corrected chi connectivity index (χ2v) is 5.26. The highest BCUT2D eigenvalue weighted by atomic mass is 19.1. The molecule has 20 heavy (non-hydrogen) atoms. The Bertz CT molecular complexity index is 592. The lowest BCUT2D eigenvalue weighted by molar-refractivity contribution is 0.164. The highest BCUT2D eigenvalue weighted by Crippen LogP contribution is 2.17. The zero-order valence-corrected chi connectivity index (χ0v) is 12.2. The summed E-state index contributed by atoms with van der Waals surface area (Å²) in [5.41, 5.74) is 3.88. The van der Waals surface area contributed by atoms with Crippen LogP contribution in [0, 0.1) is 19.7 Å². The molecule has 0 amide bonds. The number of halogens is 1. The molecule has 4 heteroatoms. The van der Waals surface area contributed by atoms with Crippen LogP contribution in [0.3, 0.4) is 0 Å². The van der Waals surface area contributed by atoms with E-state index in [1.165, 1.54) is 11.6 Å². The Morgan fingerprint density at radius 3 is 2.60 bits per heavy atom. The summed E-state index contributed by atoms with van der Waals surface area (Å²) in [7, 11) is 1.92. The smallest absolute Gasteiger partial charge is 0.126 e. The zero-order valence-electron chi connectivity index (χ0n) is 12.2. The number of aromatic nitrogens is 2. The molecule has 1 aromatic carbocycles. The van der Waals surface area contributed by atoms with Crippen LogP contribution in [0.1, 0.15) is 28.9 Å². The van der Waals surface area contributed by atoms with E-state index in [2.05, 4.69) is 5.10 Å². The van der Waals surface area contributed by atoms with Gasteiger partial charge in [-0.2, -0.15) is 5.10 Å². The van der Waals surface area contributed by atoms with Gasteiger partial charge >= 0.3 is 0 Å². The molecule has 1 aromatic heterocycles. The largest absolute Gasteiger partial charge is 0.393 e. The molecular formula is C16H21FN2O. The van der Waals surface area contributed by atoms with Crippen LogP contribution in [-0.2, 0) is 19.9 Å². The third-order valence-electron chi connectivity index (χ3n) is 3.80. The molecule has 0 saturated carbocycles. The van der Waals surface area contributed by atoms with Crippen molar-refractivity contribution in [3.8, 4) is 0 Å². The molecule has 0 radical (unpaired) electrons. The molecule has 0 aliphatic carbocycles. The Labute approximate surface area is 119 Å². The van der Waals surface area contributed by atoms with Gasteiger partial charge in [0.05, 0.1) is 11.8 Å². The molecule has 0 saturated heterocycles. The number of hydrogen-bond acceptors (Lipinski definition) is 2. The summed E-state index contributed by atoms with van der Waals surface area (Å²) in [5, 5.41) is 14.4. The van der Waals surface area contributed by atoms with Gasteiger partial charge in [0.1, 0.15) is 5.82 Å². The summed E-state index contributed by atoms with van der Waals surface area (Å²) >= 11 is 0. The van der Waals surface area contributed by atoms with Crippen molar-refractivity contribution in [1.82, 2.24) is 9.78 Å². The number of nitrogens with zero attached hydrogens (tertiary/aromatic N) is 2. The van der Waals surface area contributed by atoms with Crippen LogP contribution in [-0.4, -0.2) is 21.0 Å². The molecule has 0 aliphatic rings. The monoisotopic (exact) mass is 276 g/mol. The lowest BCUT2D eigenvalue weighted by Crippen LogP contribution is -2.13. The standard InChI is InChI=1S/C16H21FN2O/c1-11-15(12(2)19(3)18-11)9-8-14(20)10-13-6-4-5-7-16(13)17/h4-7,14,20H,8-10H2,1-3H3. The maximum atomic E-state index is 13.5. The van der Waals surface area contributed by atoms with E-state index in [0.717, 1.165) is 17.8 Å². The normalized spacial score (nSPS) is 12.7. The number of rotatable bonds is 5. The SMILES string of the molecule is Cc1nn(C)c(C)c1CCC(O)Cc1ccccc1F. The first-order chi connectivity index (χ1) is 9.49. The maximum Gasteiger partial charge on any atom is 0.126 e. The van der Waals surface area contributed by atoms with Crippen LogP contribution < -0.4 is 0 Å². The van der Waals surface area contributed by atoms with Gasteiger partial charge in [0.15, 0.2) is 0 Å². The van der Waals surface area contributed by atoms with Crippen molar-refractivity contribution in [2.75, 3.05) is 0 Å². The van der Waals surface area contributed by atoms with Crippen LogP contribution in [0.2, 0.25) is 0 Å². The van der Waals surface area contributed by atoms with Gasteiger partial charge in [0, 0.05) is 19.2 Å². The molecule has 1 heterocycles. The molecule has 0 bridgehead atoms. The minimum absolute atomic E-state index is 0.250. The van der Waals surface area contributed by atoms with Crippen molar-refractivity contribution >= 4 is 0 Å². The lowest BCUT2D eigenvalue weighted by Gasteiger charge is -2.11. The highest BCUT2D eigenvalue weighted by molar-refractivity contribution is 5.24. The van der Waals surface area contributed by atoms with Gasteiger partial charge in [0.25, 0.3) is 0 Å². The summed E-state index contributed by atoms with van der Waals surface area (Å²) < 4.78 is 15.4. The number of aliphatic hydroxyl groups is 1. The summed E-state index contributed by atoms with van der Waals surface area (Å²) in [6.07, 6.45) is 1.19. The van der Waals surface area contributed by atoms with E-state index in [4.69, 9.17) is 0 Å². The Morgan fingerprint density at radius 1 is 1.30 bits per heavy atom. The van der Waals surface area contributed by atoms with Gasteiger partial charge in [-0.3, -0.25) is 4.68 Å². The van der Waals surface area contributed by atoms with E-state index in [1.807, 2.05) is 25.6 Å². The molecule has 1 unspecified atom stereocenters. The van der Waals surface area contributed by atoms with E-state index >= 15 is 0 Å². The van der Waals surface area contributed by atoms with Crippen molar-refractivity contribution < 1.29 is 9.50 Å². The Morgan fingerprint density at radius 2 is 2.00 bits per heavy atom. The maximum absolute atomic E-state index is 13.5. The predicted octanol–water partition coefficient (Wildman–Crippen LogP) is 2.71. The quantitative estimate of drug-likeness (QED) is 0.912. The first-order valence-corrected chi connectivity index (χ1v) is 6.89. The van der Waals surface area contributed by atoms with Gasteiger partial charge in [-0.05, 0) is 43.9 Å². The van der Waals surface area contributed by atoms with E-state index in [9.17, 15) is 9.50 Å². The van der Waals surface area contributed by atoms with Gasteiger partial charge in [-0.25, -0.2) is 4.39 Å². The first-order valence-electron chi connectivity index (χ1n) is 6.89. The van der Waals surface area contributed by atoms with Gasteiger partial charge < -0.3 is 5.11 Å². The molecule has 1 N–H and O–H groups in total. The van der Waals surface area contributed by atoms with Crippen LogP contribution in [0.4, 0.5) is 4.39 Å². The number of aliphatic hydroxyl groups excluding tert-OH is 1. The zero-order chi connectivity index (χ0) is 14.7.